The second kappa shape index (κ2) is 7.78. The van der Waals surface area contributed by atoms with Crippen molar-refractivity contribution in [3.63, 3.8) is 0 Å². The summed E-state index contributed by atoms with van der Waals surface area (Å²) in [5, 5.41) is 6.07. The van der Waals surface area contributed by atoms with Crippen LogP contribution in [0.5, 0.6) is 0 Å². The number of amides is 1. The molecule has 5 heteroatoms. The lowest BCUT2D eigenvalue weighted by Crippen LogP contribution is -2.14. The van der Waals surface area contributed by atoms with Gasteiger partial charge in [0, 0.05) is 24.6 Å². The molecule has 0 radical (unpaired) electrons. The average molecular weight is 346 g/mol. The van der Waals surface area contributed by atoms with Crippen LogP contribution in [0.3, 0.4) is 0 Å². The van der Waals surface area contributed by atoms with Crippen molar-refractivity contribution in [1.29, 1.82) is 0 Å². The molecule has 1 heterocycles. The molecule has 0 spiro atoms. The predicted molar refractivity (Wildman–Crippen MR) is 104 cm³/mol. The van der Waals surface area contributed by atoms with E-state index in [4.69, 9.17) is 0 Å². The van der Waals surface area contributed by atoms with Crippen LogP contribution in [0.25, 0.3) is 0 Å². The first-order chi connectivity index (χ1) is 12.5. The zero-order valence-corrected chi connectivity index (χ0v) is 15.2. The maximum absolute atomic E-state index is 12.4. The summed E-state index contributed by atoms with van der Waals surface area (Å²) in [6, 6.07) is 14.1. The molecule has 0 saturated heterocycles. The fourth-order valence-corrected chi connectivity index (χ4v) is 2.50. The van der Waals surface area contributed by atoms with E-state index in [0.29, 0.717) is 18.1 Å². The molecule has 132 valence electrons. The third-order valence-electron chi connectivity index (χ3n) is 4.34. The lowest BCUT2D eigenvalue weighted by atomic mass is 10.1. The molecular weight excluding hydrogens is 324 g/mol. The minimum Gasteiger partial charge on any atom is -0.350 e. The number of hydrogen-bond donors (Lipinski definition) is 2. The lowest BCUT2D eigenvalue weighted by molar-refractivity contribution is 0.102. The highest BCUT2D eigenvalue weighted by Crippen LogP contribution is 2.18. The Bertz CT molecular complexity index is 902. The van der Waals surface area contributed by atoms with Crippen molar-refractivity contribution in [2.24, 2.45) is 0 Å². The molecule has 0 unspecified atom stereocenters. The summed E-state index contributed by atoms with van der Waals surface area (Å²) in [4.78, 5) is 20.9. The van der Waals surface area contributed by atoms with Crippen molar-refractivity contribution < 1.29 is 4.79 Å². The minimum atomic E-state index is -0.219. The van der Waals surface area contributed by atoms with Gasteiger partial charge in [0.05, 0.1) is 5.56 Å². The van der Waals surface area contributed by atoms with Gasteiger partial charge in [-0.15, -0.1) is 0 Å². The third-order valence-corrected chi connectivity index (χ3v) is 4.34. The van der Waals surface area contributed by atoms with E-state index in [1.807, 2.05) is 32.0 Å². The Kier molecular flexibility index (Phi) is 5.27. The third kappa shape index (κ3) is 4.25. The quantitative estimate of drug-likeness (QED) is 0.724. The van der Waals surface area contributed by atoms with E-state index in [-0.39, 0.29) is 5.91 Å². The molecule has 0 aliphatic heterocycles. The Labute approximate surface area is 153 Å². The minimum absolute atomic E-state index is 0.219. The molecule has 0 bridgehead atoms. The van der Waals surface area contributed by atoms with Gasteiger partial charge >= 0.3 is 0 Å². The number of aromatic nitrogens is 2. The van der Waals surface area contributed by atoms with Gasteiger partial charge in [0.25, 0.3) is 5.91 Å². The summed E-state index contributed by atoms with van der Waals surface area (Å²) in [6.45, 7) is 6.69. The van der Waals surface area contributed by atoms with Crippen LogP contribution >= 0.6 is 0 Å². The molecule has 0 saturated carbocycles. The van der Waals surface area contributed by atoms with Crippen LogP contribution in [0.2, 0.25) is 0 Å². The molecule has 3 rings (SSSR count). The second-order valence-corrected chi connectivity index (χ2v) is 6.34. The molecular formula is C21H22N4O. The first-order valence-electron chi connectivity index (χ1n) is 8.52. The molecule has 1 aromatic heterocycles. The van der Waals surface area contributed by atoms with Crippen molar-refractivity contribution >= 4 is 17.5 Å². The molecule has 0 atom stereocenters. The van der Waals surface area contributed by atoms with E-state index < -0.39 is 0 Å². The van der Waals surface area contributed by atoms with E-state index in [9.17, 15) is 4.79 Å². The van der Waals surface area contributed by atoms with E-state index in [2.05, 4.69) is 51.8 Å². The van der Waals surface area contributed by atoms with Gasteiger partial charge in [-0.3, -0.25) is 4.79 Å². The number of hydrogen-bond acceptors (Lipinski definition) is 4. The van der Waals surface area contributed by atoms with Crippen LogP contribution in [-0.4, -0.2) is 15.9 Å². The average Bonchev–Trinajstić information content (AvgIpc) is 2.65. The van der Waals surface area contributed by atoms with E-state index in [1.54, 1.807) is 0 Å². The van der Waals surface area contributed by atoms with E-state index in [0.717, 1.165) is 22.4 Å². The van der Waals surface area contributed by atoms with E-state index >= 15 is 0 Å². The molecule has 2 aromatic carbocycles. The lowest BCUT2D eigenvalue weighted by Gasteiger charge is -2.10. The van der Waals surface area contributed by atoms with Crippen LogP contribution < -0.4 is 10.6 Å². The number of anilines is 2. The zero-order valence-electron chi connectivity index (χ0n) is 15.2. The van der Waals surface area contributed by atoms with Gasteiger partial charge in [0.2, 0.25) is 5.95 Å². The number of carbonyl (C=O) groups is 1. The van der Waals surface area contributed by atoms with E-state index in [1.165, 1.54) is 18.0 Å². The molecule has 3 aromatic rings. The van der Waals surface area contributed by atoms with Crippen molar-refractivity contribution in [1.82, 2.24) is 9.97 Å². The highest BCUT2D eigenvalue weighted by atomic mass is 16.1. The first kappa shape index (κ1) is 17.6. The highest BCUT2D eigenvalue weighted by molar-refractivity contribution is 6.04. The largest absolute Gasteiger partial charge is 0.350 e. The molecule has 26 heavy (non-hydrogen) atoms. The SMILES string of the molecule is Cc1ccc(CNc2ncc(C(=O)Nc3cccc(C)c3C)cn2)cc1. The van der Waals surface area contributed by atoms with Crippen molar-refractivity contribution in [2.45, 2.75) is 27.3 Å². The maximum atomic E-state index is 12.4. The summed E-state index contributed by atoms with van der Waals surface area (Å²) in [7, 11) is 0. The van der Waals surface area contributed by atoms with Gasteiger partial charge in [-0.05, 0) is 43.5 Å². The van der Waals surface area contributed by atoms with Gasteiger partial charge in [0.1, 0.15) is 0 Å². The van der Waals surface area contributed by atoms with Crippen molar-refractivity contribution in [3.8, 4) is 0 Å². The molecule has 5 nitrogen and oxygen atoms in total. The van der Waals surface area contributed by atoms with Gasteiger partial charge < -0.3 is 10.6 Å². The van der Waals surface area contributed by atoms with Crippen molar-refractivity contribution in [2.75, 3.05) is 10.6 Å². The molecule has 2 N–H and O–H groups in total. The standard InChI is InChI=1S/C21H22N4O/c1-14-7-9-17(10-8-14)11-22-21-23-12-18(13-24-21)20(26)25-19-6-4-5-15(2)16(19)3/h4-10,12-13H,11H2,1-3H3,(H,25,26)(H,22,23,24). The Balaban J connectivity index is 1.62. The summed E-state index contributed by atoms with van der Waals surface area (Å²) < 4.78 is 0. The Morgan fingerprint density at radius 2 is 1.65 bits per heavy atom. The summed E-state index contributed by atoms with van der Waals surface area (Å²) in [5.74, 6) is 0.276. The Hall–Kier alpha value is -3.21. The number of aryl methyl sites for hydroxylation is 2. The molecule has 1 amide bonds. The fourth-order valence-electron chi connectivity index (χ4n) is 2.50. The van der Waals surface area contributed by atoms with Gasteiger partial charge in [-0.25, -0.2) is 9.97 Å². The monoisotopic (exact) mass is 346 g/mol. The van der Waals surface area contributed by atoms with Crippen LogP contribution in [0, 0.1) is 20.8 Å². The summed E-state index contributed by atoms with van der Waals surface area (Å²) in [5.41, 5.74) is 5.79. The van der Waals surface area contributed by atoms with Gasteiger partial charge in [-0.1, -0.05) is 42.0 Å². The fraction of sp³-hybridized carbons (Fsp3) is 0.190. The molecule has 0 fully saturated rings. The van der Waals surface area contributed by atoms with Crippen LogP contribution in [-0.2, 0) is 6.54 Å². The molecule has 0 aliphatic rings. The summed E-state index contributed by atoms with van der Waals surface area (Å²) in [6.07, 6.45) is 3.07. The second-order valence-electron chi connectivity index (χ2n) is 6.34. The summed E-state index contributed by atoms with van der Waals surface area (Å²) >= 11 is 0. The predicted octanol–water partition coefficient (Wildman–Crippen LogP) is 4.27. The zero-order chi connectivity index (χ0) is 18.5. The normalized spacial score (nSPS) is 10.4. The number of carbonyl (C=O) groups excluding carboxylic acids is 1. The van der Waals surface area contributed by atoms with Gasteiger partial charge in [0.15, 0.2) is 0 Å². The van der Waals surface area contributed by atoms with Crippen molar-refractivity contribution in [3.05, 3.63) is 82.7 Å². The topological polar surface area (TPSA) is 66.9 Å². The maximum Gasteiger partial charge on any atom is 0.258 e. The number of rotatable bonds is 5. The smallest absolute Gasteiger partial charge is 0.258 e. The number of nitrogens with one attached hydrogen (secondary N) is 2. The first-order valence-corrected chi connectivity index (χ1v) is 8.52. The highest BCUT2D eigenvalue weighted by Gasteiger charge is 2.10. The Morgan fingerprint density at radius 3 is 2.35 bits per heavy atom. The van der Waals surface area contributed by atoms with Crippen LogP contribution in [0.1, 0.15) is 32.6 Å². The van der Waals surface area contributed by atoms with Crippen LogP contribution in [0.15, 0.2) is 54.9 Å². The number of benzene rings is 2. The van der Waals surface area contributed by atoms with Gasteiger partial charge in [-0.2, -0.15) is 0 Å². The number of nitrogens with zero attached hydrogens (tertiary/aromatic N) is 2. The van der Waals surface area contributed by atoms with Crippen LogP contribution in [0.4, 0.5) is 11.6 Å². The Morgan fingerprint density at radius 1 is 0.962 bits per heavy atom. The molecule has 0 aliphatic carbocycles.